The molecule has 1 aromatic carbocycles. The number of aromatic nitrogens is 1. The Bertz CT molecular complexity index is 955. The summed E-state index contributed by atoms with van der Waals surface area (Å²) in [5.41, 5.74) is 4.15. The van der Waals surface area contributed by atoms with Gasteiger partial charge in [-0.3, -0.25) is 9.59 Å². The van der Waals surface area contributed by atoms with E-state index in [0.29, 0.717) is 25.2 Å². The number of amides is 2. The highest BCUT2D eigenvalue weighted by molar-refractivity contribution is 5.94. The van der Waals surface area contributed by atoms with Crippen molar-refractivity contribution < 1.29 is 9.59 Å². The summed E-state index contributed by atoms with van der Waals surface area (Å²) < 4.78 is 0. The van der Waals surface area contributed by atoms with Gasteiger partial charge < -0.3 is 15.1 Å². The maximum absolute atomic E-state index is 13.0. The molecule has 0 bridgehead atoms. The number of anilines is 1. The number of piperazine rings is 1. The number of benzene rings is 1. The molecule has 4 rings (SSSR count). The predicted molar refractivity (Wildman–Crippen MR) is 130 cm³/mol. The number of hydrogen-bond donors (Lipinski definition) is 1. The minimum atomic E-state index is -0.118. The van der Waals surface area contributed by atoms with Crippen molar-refractivity contribution in [2.75, 3.05) is 37.6 Å². The average molecular weight is 457 g/mol. The van der Waals surface area contributed by atoms with Crippen LogP contribution in [-0.2, 0) is 11.2 Å². The Morgan fingerprint density at radius 3 is 2.41 bits per heavy atom. The molecule has 6 nitrogen and oxygen atoms in total. The molecule has 0 radical (unpaired) electrons. The quantitative estimate of drug-likeness (QED) is 0.746. The Balaban J connectivity index is 0.00000289. The van der Waals surface area contributed by atoms with Gasteiger partial charge in [0, 0.05) is 44.5 Å². The molecule has 2 atom stereocenters. The number of pyridine rings is 1. The smallest absolute Gasteiger partial charge is 0.253 e. The Hall–Kier alpha value is -2.60. The van der Waals surface area contributed by atoms with Gasteiger partial charge in [-0.05, 0) is 48.1 Å². The second-order valence-corrected chi connectivity index (χ2v) is 8.84. The summed E-state index contributed by atoms with van der Waals surface area (Å²) >= 11 is 0. The van der Waals surface area contributed by atoms with E-state index in [0.717, 1.165) is 37.3 Å². The highest BCUT2D eigenvalue weighted by atomic mass is 35.5. The van der Waals surface area contributed by atoms with E-state index in [1.54, 1.807) is 0 Å². The largest absolute Gasteiger partial charge is 0.355 e. The zero-order valence-electron chi connectivity index (χ0n) is 19.1. The van der Waals surface area contributed by atoms with E-state index in [1.165, 1.54) is 11.1 Å². The van der Waals surface area contributed by atoms with Crippen LogP contribution in [0.25, 0.3) is 0 Å². The lowest BCUT2D eigenvalue weighted by atomic mass is 9.89. The standard InChI is InChI=1S/C25H32N4O2.ClH/c1-4-5-19-14-17(2)23(26-16-19)28-10-12-29(13-11-28)25(31)21-8-6-20(7-9-21)22-18(3)15-27-24(22)30;/h6-9,14,16,18,22H,4-5,10-13,15H2,1-3H3,(H,27,30);1H/t18?,22-;/m1./s1. The number of aryl methyl sites for hydroxylation is 2. The molecule has 32 heavy (non-hydrogen) atoms. The van der Waals surface area contributed by atoms with E-state index in [9.17, 15) is 9.59 Å². The lowest BCUT2D eigenvalue weighted by Gasteiger charge is -2.36. The fourth-order valence-corrected chi connectivity index (χ4v) is 4.75. The van der Waals surface area contributed by atoms with Crippen LogP contribution >= 0.6 is 12.4 Å². The minimum Gasteiger partial charge on any atom is -0.355 e. The molecule has 2 amide bonds. The third kappa shape index (κ3) is 4.90. The first-order valence-corrected chi connectivity index (χ1v) is 11.4. The SMILES string of the molecule is CCCc1cnc(N2CCN(C(=O)c3ccc([C@@H]4C(=O)NCC4C)cc3)CC2)c(C)c1.Cl. The molecule has 7 heteroatoms. The first-order chi connectivity index (χ1) is 15.0. The Morgan fingerprint density at radius 2 is 1.84 bits per heavy atom. The van der Waals surface area contributed by atoms with E-state index >= 15 is 0 Å². The van der Waals surface area contributed by atoms with E-state index in [2.05, 4.69) is 37.1 Å². The molecule has 0 saturated carbocycles. The van der Waals surface area contributed by atoms with Gasteiger partial charge in [0.25, 0.3) is 5.91 Å². The van der Waals surface area contributed by atoms with Crippen LogP contribution in [0.1, 0.15) is 53.2 Å². The van der Waals surface area contributed by atoms with Gasteiger partial charge in [-0.15, -0.1) is 12.4 Å². The summed E-state index contributed by atoms with van der Waals surface area (Å²) in [6.45, 7) is 10.0. The van der Waals surface area contributed by atoms with Gasteiger partial charge in [-0.2, -0.15) is 0 Å². The Kier molecular flexibility index (Phi) is 7.77. The number of halogens is 1. The van der Waals surface area contributed by atoms with Crippen molar-refractivity contribution in [3.8, 4) is 0 Å². The van der Waals surface area contributed by atoms with E-state index in [1.807, 2.05) is 35.4 Å². The van der Waals surface area contributed by atoms with Crippen LogP contribution in [0.4, 0.5) is 5.82 Å². The van der Waals surface area contributed by atoms with Crippen LogP contribution in [0, 0.1) is 12.8 Å². The zero-order valence-corrected chi connectivity index (χ0v) is 20.0. The summed E-state index contributed by atoms with van der Waals surface area (Å²) in [5.74, 6) is 1.31. The van der Waals surface area contributed by atoms with Crippen molar-refractivity contribution in [3.63, 3.8) is 0 Å². The molecule has 2 aliphatic heterocycles. The zero-order chi connectivity index (χ0) is 22.0. The van der Waals surface area contributed by atoms with Crippen LogP contribution < -0.4 is 10.2 Å². The van der Waals surface area contributed by atoms with Crippen molar-refractivity contribution in [3.05, 3.63) is 58.8 Å². The van der Waals surface area contributed by atoms with Crippen LogP contribution in [0.2, 0.25) is 0 Å². The topological polar surface area (TPSA) is 65.5 Å². The molecule has 172 valence electrons. The van der Waals surface area contributed by atoms with Crippen molar-refractivity contribution >= 4 is 30.0 Å². The number of carbonyl (C=O) groups is 2. The summed E-state index contributed by atoms with van der Waals surface area (Å²) in [6, 6.07) is 9.82. The van der Waals surface area contributed by atoms with E-state index in [-0.39, 0.29) is 36.1 Å². The van der Waals surface area contributed by atoms with Crippen molar-refractivity contribution in [1.29, 1.82) is 0 Å². The van der Waals surface area contributed by atoms with Gasteiger partial charge in [0.2, 0.25) is 5.91 Å². The predicted octanol–water partition coefficient (Wildman–Crippen LogP) is 3.58. The van der Waals surface area contributed by atoms with Crippen molar-refractivity contribution in [2.24, 2.45) is 5.92 Å². The molecule has 1 aromatic heterocycles. The van der Waals surface area contributed by atoms with Crippen LogP contribution in [-0.4, -0.2) is 54.4 Å². The number of nitrogens with one attached hydrogen (secondary N) is 1. The third-order valence-electron chi connectivity index (χ3n) is 6.48. The molecule has 0 spiro atoms. The molecule has 3 heterocycles. The maximum atomic E-state index is 13.0. The number of carbonyl (C=O) groups excluding carboxylic acids is 2. The first-order valence-electron chi connectivity index (χ1n) is 11.4. The number of nitrogens with zero attached hydrogens (tertiary/aromatic N) is 3. The molecule has 1 unspecified atom stereocenters. The van der Waals surface area contributed by atoms with Gasteiger partial charge >= 0.3 is 0 Å². The number of rotatable bonds is 5. The van der Waals surface area contributed by atoms with Gasteiger partial charge in [0.1, 0.15) is 5.82 Å². The molecule has 2 fully saturated rings. The fraction of sp³-hybridized carbons (Fsp3) is 0.480. The molecule has 1 N–H and O–H groups in total. The Labute approximate surface area is 196 Å². The van der Waals surface area contributed by atoms with Gasteiger partial charge in [0.05, 0.1) is 5.92 Å². The van der Waals surface area contributed by atoms with Crippen molar-refractivity contribution in [2.45, 2.75) is 39.5 Å². The van der Waals surface area contributed by atoms with Crippen molar-refractivity contribution in [1.82, 2.24) is 15.2 Å². The van der Waals surface area contributed by atoms with Crippen LogP contribution in [0.15, 0.2) is 36.5 Å². The van der Waals surface area contributed by atoms with E-state index < -0.39 is 0 Å². The molecular formula is C25H33ClN4O2. The lowest BCUT2D eigenvalue weighted by Crippen LogP contribution is -2.49. The van der Waals surface area contributed by atoms with Gasteiger partial charge in [0.15, 0.2) is 0 Å². The van der Waals surface area contributed by atoms with Gasteiger partial charge in [-0.25, -0.2) is 4.98 Å². The first kappa shape index (κ1) is 24.1. The second-order valence-electron chi connectivity index (χ2n) is 8.84. The highest BCUT2D eigenvalue weighted by Gasteiger charge is 2.33. The van der Waals surface area contributed by atoms with E-state index in [4.69, 9.17) is 4.98 Å². The van der Waals surface area contributed by atoms with Crippen LogP contribution in [0.5, 0.6) is 0 Å². The lowest BCUT2D eigenvalue weighted by molar-refractivity contribution is -0.120. The normalized spacial score (nSPS) is 20.7. The van der Waals surface area contributed by atoms with Crippen LogP contribution in [0.3, 0.4) is 0 Å². The average Bonchev–Trinajstić information content (AvgIpc) is 3.12. The highest BCUT2D eigenvalue weighted by Crippen LogP contribution is 2.29. The monoisotopic (exact) mass is 456 g/mol. The molecule has 2 saturated heterocycles. The minimum absolute atomic E-state index is 0. The fourth-order valence-electron chi connectivity index (χ4n) is 4.75. The molecule has 2 aliphatic rings. The Morgan fingerprint density at radius 1 is 1.16 bits per heavy atom. The van der Waals surface area contributed by atoms with Gasteiger partial charge in [-0.1, -0.05) is 38.5 Å². The maximum Gasteiger partial charge on any atom is 0.253 e. The second kappa shape index (κ2) is 10.3. The molecule has 2 aromatic rings. The summed E-state index contributed by atoms with van der Waals surface area (Å²) in [7, 11) is 0. The summed E-state index contributed by atoms with van der Waals surface area (Å²) in [6.07, 6.45) is 4.16. The molecule has 0 aliphatic carbocycles. The molecular weight excluding hydrogens is 424 g/mol. The third-order valence-corrected chi connectivity index (χ3v) is 6.48. The summed E-state index contributed by atoms with van der Waals surface area (Å²) in [5, 5.41) is 2.91. The number of hydrogen-bond acceptors (Lipinski definition) is 4. The summed E-state index contributed by atoms with van der Waals surface area (Å²) in [4.78, 5) is 34.0.